The highest BCUT2D eigenvalue weighted by Crippen LogP contribution is 2.04. The number of hydrogen-bond donors (Lipinski definition) is 4. The van der Waals surface area contributed by atoms with Crippen molar-refractivity contribution < 1.29 is 18.8 Å². The van der Waals surface area contributed by atoms with Crippen molar-refractivity contribution in [3.63, 3.8) is 0 Å². The molecular formula is C21H21FN4O3S. The van der Waals surface area contributed by atoms with Gasteiger partial charge in [0.1, 0.15) is 5.82 Å². The zero-order valence-electron chi connectivity index (χ0n) is 16.0. The number of amides is 3. The molecule has 0 saturated heterocycles. The molecule has 0 unspecified atom stereocenters. The number of carbonyl (C=O) groups is 3. The standard InChI is InChI=1S/C21H21FN4O3S/c22-17-9-6-15(7-10-17)8-11-19(28)24-21(30)26-25-20(29)13-12-18(27)23-14-16-4-2-1-3-5-16/h1-11H,12-14H2,(H,23,27)(H,25,29)(H2,24,26,28,30). The average Bonchev–Trinajstić information content (AvgIpc) is 2.75. The Hall–Kier alpha value is -3.59. The van der Waals surface area contributed by atoms with Crippen LogP contribution in [0.25, 0.3) is 6.08 Å². The van der Waals surface area contributed by atoms with E-state index < -0.39 is 11.8 Å². The van der Waals surface area contributed by atoms with E-state index in [0.717, 1.165) is 5.56 Å². The molecule has 2 rings (SSSR count). The van der Waals surface area contributed by atoms with E-state index in [4.69, 9.17) is 12.2 Å². The molecule has 0 spiro atoms. The summed E-state index contributed by atoms with van der Waals surface area (Å²) in [5.74, 6) is -1.60. The highest BCUT2D eigenvalue weighted by atomic mass is 32.1. The van der Waals surface area contributed by atoms with Gasteiger partial charge in [0.2, 0.25) is 17.7 Å². The summed E-state index contributed by atoms with van der Waals surface area (Å²) in [5, 5.41) is 4.97. The molecular weight excluding hydrogens is 407 g/mol. The smallest absolute Gasteiger partial charge is 0.250 e. The predicted molar refractivity (Wildman–Crippen MR) is 115 cm³/mol. The van der Waals surface area contributed by atoms with Crippen LogP contribution in [-0.2, 0) is 20.9 Å². The minimum atomic E-state index is -0.522. The molecule has 156 valence electrons. The van der Waals surface area contributed by atoms with E-state index in [-0.39, 0.29) is 29.7 Å². The third-order valence-corrected chi connectivity index (χ3v) is 3.97. The van der Waals surface area contributed by atoms with Crippen LogP contribution in [0.5, 0.6) is 0 Å². The van der Waals surface area contributed by atoms with Crippen molar-refractivity contribution in [2.24, 2.45) is 0 Å². The summed E-state index contributed by atoms with van der Waals surface area (Å²) in [6.07, 6.45) is 2.68. The minimum absolute atomic E-state index is 0.0138. The molecule has 30 heavy (non-hydrogen) atoms. The Morgan fingerprint density at radius 3 is 2.27 bits per heavy atom. The fourth-order valence-corrected chi connectivity index (χ4v) is 2.38. The van der Waals surface area contributed by atoms with E-state index in [9.17, 15) is 18.8 Å². The number of benzene rings is 2. The van der Waals surface area contributed by atoms with E-state index in [1.807, 2.05) is 30.3 Å². The van der Waals surface area contributed by atoms with Crippen molar-refractivity contribution in [3.05, 3.63) is 77.6 Å². The topological polar surface area (TPSA) is 99.3 Å². The van der Waals surface area contributed by atoms with E-state index in [0.29, 0.717) is 12.1 Å². The van der Waals surface area contributed by atoms with Crippen molar-refractivity contribution in [3.8, 4) is 0 Å². The lowest BCUT2D eigenvalue weighted by Gasteiger charge is -2.10. The first-order valence-electron chi connectivity index (χ1n) is 9.06. The lowest BCUT2D eigenvalue weighted by Crippen LogP contribution is -2.48. The van der Waals surface area contributed by atoms with Gasteiger partial charge in [-0.1, -0.05) is 42.5 Å². The van der Waals surface area contributed by atoms with E-state index in [1.165, 1.54) is 36.4 Å². The molecule has 0 fully saturated rings. The molecule has 9 heteroatoms. The zero-order valence-corrected chi connectivity index (χ0v) is 16.8. The zero-order chi connectivity index (χ0) is 21.8. The molecule has 0 radical (unpaired) electrons. The SMILES string of the molecule is O=C(C=Cc1ccc(F)cc1)NC(=S)NNC(=O)CCC(=O)NCc1ccccc1. The number of hydrogen-bond acceptors (Lipinski definition) is 4. The Morgan fingerprint density at radius 2 is 1.57 bits per heavy atom. The number of halogens is 1. The van der Waals surface area contributed by atoms with Gasteiger partial charge in [0.25, 0.3) is 0 Å². The molecule has 0 heterocycles. The highest BCUT2D eigenvalue weighted by Gasteiger charge is 2.08. The van der Waals surface area contributed by atoms with Crippen LogP contribution in [0, 0.1) is 5.82 Å². The first-order chi connectivity index (χ1) is 14.4. The molecule has 0 bridgehead atoms. The lowest BCUT2D eigenvalue weighted by atomic mass is 10.2. The van der Waals surface area contributed by atoms with Gasteiger partial charge >= 0.3 is 0 Å². The highest BCUT2D eigenvalue weighted by molar-refractivity contribution is 7.80. The second kappa shape index (κ2) is 12.1. The molecule has 0 aliphatic rings. The Kier molecular flexibility index (Phi) is 9.14. The van der Waals surface area contributed by atoms with Crippen molar-refractivity contribution in [2.75, 3.05) is 0 Å². The normalized spacial score (nSPS) is 10.3. The van der Waals surface area contributed by atoms with Crippen LogP contribution in [0.4, 0.5) is 4.39 Å². The lowest BCUT2D eigenvalue weighted by molar-refractivity contribution is -0.126. The first-order valence-corrected chi connectivity index (χ1v) is 9.47. The molecule has 4 N–H and O–H groups in total. The van der Waals surface area contributed by atoms with E-state index in [1.54, 1.807) is 0 Å². The van der Waals surface area contributed by atoms with Gasteiger partial charge in [-0.05, 0) is 41.6 Å². The minimum Gasteiger partial charge on any atom is -0.352 e. The Morgan fingerprint density at radius 1 is 0.900 bits per heavy atom. The van der Waals surface area contributed by atoms with Crippen LogP contribution < -0.4 is 21.5 Å². The van der Waals surface area contributed by atoms with Crippen molar-refractivity contribution in [1.82, 2.24) is 21.5 Å². The van der Waals surface area contributed by atoms with Gasteiger partial charge < -0.3 is 5.32 Å². The number of carbonyl (C=O) groups excluding carboxylic acids is 3. The monoisotopic (exact) mass is 428 g/mol. The van der Waals surface area contributed by atoms with Crippen LogP contribution in [0.15, 0.2) is 60.7 Å². The van der Waals surface area contributed by atoms with Crippen LogP contribution in [0.3, 0.4) is 0 Å². The van der Waals surface area contributed by atoms with Gasteiger partial charge in [-0.3, -0.25) is 30.6 Å². The fourth-order valence-electron chi connectivity index (χ4n) is 2.23. The van der Waals surface area contributed by atoms with Gasteiger partial charge in [-0.2, -0.15) is 0 Å². The van der Waals surface area contributed by atoms with Crippen LogP contribution in [-0.4, -0.2) is 22.8 Å². The van der Waals surface area contributed by atoms with Crippen LogP contribution in [0.2, 0.25) is 0 Å². The number of nitrogens with one attached hydrogen (secondary N) is 4. The van der Waals surface area contributed by atoms with Gasteiger partial charge in [0, 0.05) is 25.5 Å². The predicted octanol–water partition coefficient (Wildman–Crippen LogP) is 1.96. The first kappa shape index (κ1) is 22.7. The van der Waals surface area contributed by atoms with Crippen molar-refractivity contribution in [1.29, 1.82) is 0 Å². The summed E-state index contributed by atoms with van der Waals surface area (Å²) in [5.41, 5.74) is 6.30. The third kappa shape index (κ3) is 9.07. The molecule has 2 aromatic rings. The summed E-state index contributed by atoms with van der Waals surface area (Å²) in [6, 6.07) is 15.0. The van der Waals surface area contributed by atoms with Gasteiger partial charge in [-0.25, -0.2) is 4.39 Å². The van der Waals surface area contributed by atoms with Crippen molar-refractivity contribution in [2.45, 2.75) is 19.4 Å². The summed E-state index contributed by atoms with van der Waals surface area (Å²) < 4.78 is 12.8. The second-order valence-corrected chi connectivity index (χ2v) is 6.55. The Bertz CT molecular complexity index is 918. The molecule has 7 nitrogen and oxygen atoms in total. The van der Waals surface area contributed by atoms with Crippen LogP contribution in [0.1, 0.15) is 24.0 Å². The number of hydrazine groups is 1. The Balaban J connectivity index is 1.61. The number of rotatable bonds is 7. The van der Waals surface area contributed by atoms with Gasteiger partial charge in [0.05, 0.1) is 0 Å². The summed E-state index contributed by atoms with van der Waals surface area (Å²) >= 11 is 4.91. The molecule has 0 saturated carbocycles. The maximum atomic E-state index is 12.8. The summed E-state index contributed by atoms with van der Waals surface area (Å²) in [7, 11) is 0. The number of thiocarbonyl (C=S) groups is 1. The molecule has 0 aliphatic heterocycles. The van der Waals surface area contributed by atoms with Crippen molar-refractivity contribution >= 4 is 41.1 Å². The molecule has 3 amide bonds. The quantitative estimate of drug-likeness (QED) is 0.307. The Labute approximate surface area is 178 Å². The molecule has 0 aromatic heterocycles. The largest absolute Gasteiger partial charge is 0.352 e. The summed E-state index contributed by atoms with van der Waals surface area (Å²) in [6.45, 7) is 0.390. The second-order valence-electron chi connectivity index (χ2n) is 6.14. The summed E-state index contributed by atoms with van der Waals surface area (Å²) in [4.78, 5) is 35.3. The van der Waals surface area contributed by atoms with E-state index >= 15 is 0 Å². The molecule has 2 aromatic carbocycles. The maximum Gasteiger partial charge on any atom is 0.250 e. The molecule has 0 aliphatic carbocycles. The third-order valence-electron chi connectivity index (χ3n) is 3.76. The average molecular weight is 428 g/mol. The van der Waals surface area contributed by atoms with E-state index in [2.05, 4.69) is 21.5 Å². The maximum absolute atomic E-state index is 12.8. The van der Waals surface area contributed by atoms with Crippen LogP contribution >= 0.6 is 12.2 Å². The van der Waals surface area contributed by atoms with Gasteiger partial charge in [-0.15, -0.1) is 0 Å². The van der Waals surface area contributed by atoms with Gasteiger partial charge in [0.15, 0.2) is 5.11 Å². The fraction of sp³-hybridized carbons (Fsp3) is 0.143. The molecule has 0 atom stereocenters.